The summed E-state index contributed by atoms with van der Waals surface area (Å²) >= 11 is 5.97. The van der Waals surface area contributed by atoms with E-state index in [1.807, 2.05) is 73.7 Å². The first-order valence-corrected chi connectivity index (χ1v) is 12.1. The number of hydrogen-bond donors (Lipinski definition) is 2. The molecule has 1 aromatic heterocycles. The lowest BCUT2D eigenvalue weighted by Crippen LogP contribution is -2.26. The second-order valence-electron chi connectivity index (χ2n) is 8.62. The molecule has 0 fully saturated rings. The smallest absolute Gasteiger partial charge is 0.303 e. The Balaban J connectivity index is 1.61. The number of rotatable bonds is 9. The number of amides is 1. The standard InChI is InChI=1S/C29H27ClN2O3/c1-19(20-11-14-25(30)15-12-20)31-29(35)23-13-16-26-24(18-23)17-22(9-5-6-10-27(33)34)28(32-26)21-7-3-2-4-8-21/h2-4,7-8,11-19H,5-6,9-10H2,1H3,(H,31,35)(H,33,34)/t19-/m1/s1. The van der Waals surface area contributed by atoms with Crippen LogP contribution in [0.25, 0.3) is 22.2 Å². The van der Waals surface area contributed by atoms with Crippen LogP contribution in [0.5, 0.6) is 0 Å². The van der Waals surface area contributed by atoms with Crippen molar-refractivity contribution in [3.8, 4) is 11.3 Å². The third kappa shape index (κ3) is 6.25. The van der Waals surface area contributed by atoms with Gasteiger partial charge in [0.1, 0.15) is 0 Å². The van der Waals surface area contributed by atoms with Crippen LogP contribution in [0, 0.1) is 0 Å². The normalized spacial score (nSPS) is 11.8. The zero-order valence-electron chi connectivity index (χ0n) is 19.5. The fraction of sp³-hybridized carbons (Fsp3) is 0.207. The van der Waals surface area contributed by atoms with E-state index in [2.05, 4.69) is 11.4 Å². The zero-order valence-corrected chi connectivity index (χ0v) is 20.3. The SMILES string of the molecule is C[C@@H](NC(=O)c1ccc2nc(-c3ccccc3)c(CCCCC(=O)O)cc2c1)c1ccc(Cl)cc1. The minimum atomic E-state index is -0.784. The predicted molar refractivity (Wildman–Crippen MR) is 140 cm³/mol. The molecule has 0 saturated heterocycles. The maximum Gasteiger partial charge on any atom is 0.303 e. The summed E-state index contributed by atoms with van der Waals surface area (Å²) in [6, 6.07) is 24.8. The molecule has 5 nitrogen and oxygen atoms in total. The molecule has 6 heteroatoms. The van der Waals surface area contributed by atoms with Crippen LogP contribution >= 0.6 is 11.6 Å². The van der Waals surface area contributed by atoms with Crippen LogP contribution in [-0.2, 0) is 11.2 Å². The van der Waals surface area contributed by atoms with E-state index in [9.17, 15) is 9.59 Å². The van der Waals surface area contributed by atoms with Crippen LogP contribution < -0.4 is 5.32 Å². The number of pyridine rings is 1. The van der Waals surface area contributed by atoms with Crippen molar-refractivity contribution in [2.45, 2.75) is 38.6 Å². The maximum absolute atomic E-state index is 13.0. The van der Waals surface area contributed by atoms with Gasteiger partial charge in [0.05, 0.1) is 17.3 Å². The number of nitrogens with zero attached hydrogens (tertiary/aromatic N) is 1. The van der Waals surface area contributed by atoms with Crippen molar-refractivity contribution in [2.75, 3.05) is 0 Å². The number of fused-ring (bicyclic) bond motifs is 1. The average molecular weight is 487 g/mol. The molecule has 0 aliphatic carbocycles. The molecule has 0 aliphatic heterocycles. The summed E-state index contributed by atoms with van der Waals surface area (Å²) in [7, 11) is 0. The van der Waals surface area contributed by atoms with E-state index in [0.717, 1.165) is 39.7 Å². The lowest BCUT2D eigenvalue weighted by Gasteiger charge is -2.15. The highest BCUT2D eigenvalue weighted by Gasteiger charge is 2.14. The second-order valence-corrected chi connectivity index (χ2v) is 9.05. The van der Waals surface area contributed by atoms with Crippen molar-refractivity contribution >= 4 is 34.4 Å². The van der Waals surface area contributed by atoms with Crippen molar-refractivity contribution in [2.24, 2.45) is 0 Å². The molecule has 178 valence electrons. The highest BCUT2D eigenvalue weighted by molar-refractivity contribution is 6.30. The van der Waals surface area contributed by atoms with Gasteiger partial charge in [0.2, 0.25) is 0 Å². The fourth-order valence-corrected chi connectivity index (χ4v) is 4.23. The minimum Gasteiger partial charge on any atom is -0.481 e. The van der Waals surface area contributed by atoms with E-state index < -0.39 is 5.97 Å². The molecule has 1 atom stereocenters. The Bertz CT molecular complexity index is 1340. The number of carbonyl (C=O) groups is 2. The van der Waals surface area contributed by atoms with E-state index in [0.29, 0.717) is 23.4 Å². The monoisotopic (exact) mass is 486 g/mol. The van der Waals surface area contributed by atoms with Gasteiger partial charge in [0, 0.05) is 28.0 Å². The molecule has 0 unspecified atom stereocenters. The molecule has 0 spiro atoms. The molecule has 0 radical (unpaired) electrons. The number of hydrogen-bond acceptors (Lipinski definition) is 3. The van der Waals surface area contributed by atoms with Gasteiger partial charge in [0.25, 0.3) is 5.91 Å². The largest absolute Gasteiger partial charge is 0.481 e. The highest BCUT2D eigenvalue weighted by atomic mass is 35.5. The topological polar surface area (TPSA) is 79.3 Å². The molecular formula is C29H27ClN2O3. The first-order valence-electron chi connectivity index (χ1n) is 11.7. The lowest BCUT2D eigenvalue weighted by molar-refractivity contribution is -0.137. The molecule has 0 saturated carbocycles. The highest BCUT2D eigenvalue weighted by Crippen LogP contribution is 2.28. The molecule has 2 N–H and O–H groups in total. The molecule has 1 heterocycles. The fourth-order valence-electron chi connectivity index (χ4n) is 4.10. The van der Waals surface area contributed by atoms with Crippen molar-refractivity contribution in [3.05, 3.63) is 101 Å². The van der Waals surface area contributed by atoms with Gasteiger partial charge in [-0.1, -0.05) is 54.1 Å². The lowest BCUT2D eigenvalue weighted by atomic mass is 9.98. The van der Waals surface area contributed by atoms with Crippen LogP contribution in [0.1, 0.15) is 53.7 Å². The van der Waals surface area contributed by atoms with Gasteiger partial charge in [-0.3, -0.25) is 9.59 Å². The Morgan fingerprint density at radius 3 is 2.43 bits per heavy atom. The summed E-state index contributed by atoms with van der Waals surface area (Å²) in [4.78, 5) is 28.8. The average Bonchev–Trinajstić information content (AvgIpc) is 2.86. The second kappa shape index (κ2) is 11.2. The van der Waals surface area contributed by atoms with E-state index in [-0.39, 0.29) is 18.4 Å². The molecule has 0 aliphatic rings. The van der Waals surface area contributed by atoms with Crippen LogP contribution in [0.15, 0.2) is 78.9 Å². The van der Waals surface area contributed by atoms with Gasteiger partial charge in [-0.05, 0) is 73.7 Å². The Labute approximate surface area is 209 Å². The minimum absolute atomic E-state index is 0.151. The Morgan fingerprint density at radius 1 is 0.971 bits per heavy atom. The van der Waals surface area contributed by atoms with Gasteiger partial charge in [0.15, 0.2) is 0 Å². The van der Waals surface area contributed by atoms with Crippen molar-refractivity contribution < 1.29 is 14.7 Å². The quantitative estimate of drug-likeness (QED) is 0.254. The Kier molecular flexibility index (Phi) is 7.78. The number of nitrogens with one attached hydrogen (secondary N) is 1. The molecule has 4 aromatic rings. The molecular weight excluding hydrogens is 460 g/mol. The van der Waals surface area contributed by atoms with Crippen molar-refractivity contribution in [1.29, 1.82) is 0 Å². The maximum atomic E-state index is 13.0. The number of aryl methyl sites for hydroxylation is 1. The van der Waals surface area contributed by atoms with Gasteiger partial charge in [-0.15, -0.1) is 0 Å². The summed E-state index contributed by atoms with van der Waals surface area (Å²) < 4.78 is 0. The van der Waals surface area contributed by atoms with E-state index in [1.165, 1.54) is 0 Å². The summed E-state index contributed by atoms with van der Waals surface area (Å²) in [6.45, 7) is 1.94. The van der Waals surface area contributed by atoms with Crippen molar-refractivity contribution in [3.63, 3.8) is 0 Å². The first kappa shape index (κ1) is 24.4. The number of halogens is 1. The summed E-state index contributed by atoms with van der Waals surface area (Å²) in [5.74, 6) is -0.946. The van der Waals surface area contributed by atoms with Crippen LogP contribution in [0.2, 0.25) is 5.02 Å². The molecule has 35 heavy (non-hydrogen) atoms. The zero-order chi connectivity index (χ0) is 24.8. The number of carbonyl (C=O) groups excluding carboxylic acids is 1. The predicted octanol–water partition coefficient (Wildman–Crippen LogP) is 6.84. The van der Waals surface area contributed by atoms with E-state index >= 15 is 0 Å². The molecule has 4 rings (SSSR count). The Hall–Kier alpha value is -3.70. The van der Waals surface area contributed by atoms with Crippen LogP contribution in [-0.4, -0.2) is 22.0 Å². The summed E-state index contributed by atoms with van der Waals surface area (Å²) in [5, 5.41) is 13.5. The first-order chi connectivity index (χ1) is 16.9. The summed E-state index contributed by atoms with van der Waals surface area (Å²) in [5.41, 5.74) is 5.29. The van der Waals surface area contributed by atoms with E-state index in [4.69, 9.17) is 21.7 Å². The Morgan fingerprint density at radius 2 is 1.71 bits per heavy atom. The third-order valence-electron chi connectivity index (χ3n) is 6.01. The van der Waals surface area contributed by atoms with Gasteiger partial charge in [-0.2, -0.15) is 0 Å². The number of unbranched alkanes of at least 4 members (excludes halogenated alkanes) is 1. The van der Waals surface area contributed by atoms with Gasteiger partial charge >= 0.3 is 5.97 Å². The number of benzene rings is 3. The summed E-state index contributed by atoms with van der Waals surface area (Å²) in [6.07, 6.45) is 2.22. The third-order valence-corrected chi connectivity index (χ3v) is 6.26. The molecule has 1 amide bonds. The number of aliphatic carboxylic acids is 1. The molecule has 3 aromatic carbocycles. The molecule has 0 bridgehead atoms. The van der Waals surface area contributed by atoms with Crippen LogP contribution in [0.4, 0.5) is 0 Å². The number of carboxylic acid groups (broad SMARTS) is 1. The van der Waals surface area contributed by atoms with Gasteiger partial charge < -0.3 is 10.4 Å². The van der Waals surface area contributed by atoms with Gasteiger partial charge in [-0.25, -0.2) is 4.98 Å². The number of carboxylic acids is 1. The number of aromatic nitrogens is 1. The van der Waals surface area contributed by atoms with Crippen LogP contribution in [0.3, 0.4) is 0 Å². The van der Waals surface area contributed by atoms with E-state index in [1.54, 1.807) is 6.07 Å². The van der Waals surface area contributed by atoms with Crippen molar-refractivity contribution in [1.82, 2.24) is 10.3 Å².